The number of fused-ring (bicyclic) bond motifs is 5. The summed E-state index contributed by atoms with van der Waals surface area (Å²) in [6.45, 7) is 16.6. The monoisotopic (exact) mass is 566 g/mol. The van der Waals surface area contributed by atoms with Crippen molar-refractivity contribution in [2.75, 3.05) is 0 Å². The van der Waals surface area contributed by atoms with E-state index in [4.69, 9.17) is 4.18 Å². The summed E-state index contributed by atoms with van der Waals surface area (Å²) in [6, 6.07) is 7.01. The summed E-state index contributed by atoms with van der Waals surface area (Å²) >= 11 is 0. The van der Waals surface area contributed by atoms with Crippen molar-refractivity contribution in [3.05, 3.63) is 53.6 Å². The second-order valence-electron chi connectivity index (χ2n) is 14.8. The second kappa shape index (κ2) is 11.4. The number of benzene rings is 1. The zero-order valence-electron chi connectivity index (χ0n) is 26.2. The van der Waals surface area contributed by atoms with Gasteiger partial charge in [-0.3, -0.25) is 4.18 Å². The van der Waals surface area contributed by atoms with Crippen LogP contribution < -0.4 is 0 Å². The number of aryl methyl sites for hydroxylation is 1. The third kappa shape index (κ3) is 5.41. The molecule has 222 valence electrons. The van der Waals surface area contributed by atoms with Crippen LogP contribution in [0.2, 0.25) is 0 Å². The average Bonchev–Trinajstić information content (AvgIpc) is 3.26. The minimum atomic E-state index is -3.74. The lowest BCUT2D eigenvalue weighted by atomic mass is 9.47. The maximum absolute atomic E-state index is 13.0. The molecule has 3 nitrogen and oxygen atoms in total. The predicted molar refractivity (Wildman–Crippen MR) is 165 cm³/mol. The van der Waals surface area contributed by atoms with Crippen LogP contribution >= 0.6 is 0 Å². The normalized spacial score (nSPS) is 37.5. The van der Waals surface area contributed by atoms with E-state index in [0.717, 1.165) is 54.9 Å². The Hall–Kier alpha value is -1.39. The lowest BCUT2D eigenvalue weighted by molar-refractivity contribution is -0.0523. The van der Waals surface area contributed by atoms with Crippen LogP contribution in [0.1, 0.15) is 105 Å². The van der Waals surface area contributed by atoms with Gasteiger partial charge in [0.15, 0.2) is 0 Å². The van der Waals surface area contributed by atoms with Gasteiger partial charge in [-0.25, -0.2) is 0 Å². The highest BCUT2D eigenvalue weighted by Gasteiger charge is 2.59. The zero-order valence-corrected chi connectivity index (χ0v) is 27.0. The first kappa shape index (κ1) is 30.1. The van der Waals surface area contributed by atoms with E-state index in [1.165, 1.54) is 37.7 Å². The Bertz CT molecular complexity index is 1210. The first-order valence-corrected chi connectivity index (χ1v) is 17.7. The van der Waals surface area contributed by atoms with E-state index in [0.29, 0.717) is 23.2 Å². The van der Waals surface area contributed by atoms with Gasteiger partial charge in [0.2, 0.25) is 0 Å². The van der Waals surface area contributed by atoms with Crippen molar-refractivity contribution in [3.8, 4) is 0 Å². The Labute approximate surface area is 245 Å². The van der Waals surface area contributed by atoms with Gasteiger partial charge < -0.3 is 0 Å². The smallest absolute Gasteiger partial charge is 0.263 e. The van der Waals surface area contributed by atoms with Crippen LogP contribution in [-0.2, 0) is 14.3 Å². The van der Waals surface area contributed by atoms with E-state index in [-0.39, 0.29) is 16.4 Å². The summed E-state index contributed by atoms with van der Waals surface area (Å²) in [6.07, 6.45) is 17.8. The van der Waals surface area contributed by atoms with Crippen LogP contribution in [0.15, 0.2) is 53.0 Å². The van der Waals surface area contributed by atoms with E-state index in [1.54, 1.807) is 12.1 Å². The highest BCUT2D eigenvalue weighted by atomic mass is 32.2. The largest absolute Gasteiger partial charge is 0.297 e. The maximum Gasteiger partial charge on any atom is 0.297 e. The van der Waals surface area contributed by atoms with Gasteiger partial charge in [-0.15, -0.1) is 0 Å². The van der Waals surface area contributed by atoms with Gasteiger partial charge in [0.1, 0.15) is 0 Å². The fourth-order valence-corrected chi connectivity index (χ4v) is 10.9. The number of allylic oxidation sites excluding steroid dienone is 3. The molecule has 4 aliphatic rings. The molecule has 0 aromatic heterocycles. The fraction of sp³-hybridized carbons (Fsp3) is 0.722. The molecule has 1 aromatic rings. The number of rotatable bonds is 8. The molecule has 0 heterocycles. The fourth-order valence-electron chi connectivity index (χ4n) is 9.84. The van der Waals surface area contributed by atoms with Crippen molar-refractivity contribution < 1.29 is 12.6 Å². The van der Waals surface area contributed by atoms with Gasteiger partial charge in [0, 0.05) is 0 Å². The lowest BCUT2D eigenvalue weighted by Gasteiger charge is -2.58. The molecule has 9 atom stereocenters. The summed E-state index contributed by atoms with van der Waals surface area (Å²) in [5.74, 6) is 5.13. The average molecular weight is 567 g/mol. The summed E-state index contributed by atoms with van der Waals surface area (Å²) in [5.41, 5.74) is 3.15. The summed E-state index contributed by atoms with van der Waals surface area (Å²) < 4.78 is 31.9. The molecule has 5 rings (SSSR count). The van der Waals surface area contributed by atoms with Gasteiger partial charge in [-0.05, 0) is 129 Å². The van der Waals surface area contributed by atoms with Crippen LogP contribution in [0.25, 0.3) is 0 Å². The molecule has 40 heavy (non-hydrogen) atoms. The van der Waals surface area contributed by atoms with Crippen molar-refractivity contribution >= 4 is 10.1 Å². The molecule has 0 radical (unpaired) electrons. The SMILES string of the molecule is CC[C@@H](/C=C/[C@@H](C)[C@@H]1CC[C@@H]2[C@H]3CC=C4C[C@@H](OS(=O)(=O)c5ccc(C)cc5)CC[C@]4(C)[C@@H]3CC[C@@]21C)C(C)C. The quantitative estimate of drug-likeness (QED) is 0.232. The van der Waals surface area contributed by atoms with E-state index in [2.05, 4.69) is 59.8 Å². The zero-order chi connectivity index (χ0) is 28.9. The highest BCUT2D eigenvalue weighted by molar-refractivity contribution is 7.86. The van der Waals surface area contributed by atoms with Crippen LogP contribution in [0.4, 0.5) is 0 Å². The van der Waals surface area contributed by atoms with Crippen LogP contribution in [0, 0.1) is 59.2 Å². The molecule has 0 spiro atoms. The molecule has 0 saturated heterocycles. The molecule has 0 bridgehead atoms. The Kier molecular flexibility index (Phi) is 8.54. The van der Waals surface area contributed by atoms with E-state index in [9.17, 15) is 8.42 Å². The summed E-state index contributed by atoms with van der Waals surface area (Å²) in [5, 5.41) is 0. The number of hydrogen-bond donors (Lipinski definition) is 0. The minimum absolute atomic E-state index is 0.187. The molecule has 0 amide bonds. The van der Waals surface area contributed by atoms with Gasteiger partial charge in [-0.1, -0.05) is 83.0 Å². The van der Waals surface area contributed by atoms with Crippen molar-refractivity contribution in [2.45, 2.75) is 117 Å². The van der Waals surface area contributed by atoms with Gasteiger partial charge in [0.05, 0.1) is 11.0 Å². The molecule has 4 heteroatoms. The van der Waals surface area contributed by atoms with Crippen molar-refractivity contribution in [2.24, 2.45) is 52.3 Å². The Balaban J connectivity index is 1.28. The molecule has 3 fully saturated rings. The third-order valence-corrected chi connectivity index (χ3v) is 13.7. The maximum atomic E-state index is 13.0. The molecule has 1 aromatic carbocycles. The van der Waals surface area contributed by atoms with E-state index >= 15 is 0 Å². The third-order valence-electron chi connectivity index (χ3n) is 12.3. The molecular formula is C36H54O3S. The van der Waals surface area contributed by atoms with Crippen molar-refractivity contribution in [1.29, 1.82) is 0 Å². The van der Waals surface area contributed by atoms with E-state index < -0.39 is 10.1 Å². The molecule has 0 N–H and O–H groups in total. The topological polar surface area (TPSA) is 43.4 Å². The Morgan fingerprint density at radius 2 is 1.70 bits per heavy atom. The molecule has 0 unspecified atom stereocenters. The van der Waals surface area contributed by atoms with Gasteiger partial charge >= 0.3 is 0 Å². The predicted octanol–water partition coefficient (Wildman–Crippen LogP) is 9.52. The first-order valence-electron chi connectivity index (χ1n) is 16.3. The summed E-state index contributed by atoms with van der Waals surface area (Å²) in [7, 11) is -3.74. The van der Waals surface area contributed by atoms with Gasteiger partial charge in [0.25, 0.3) is 10.1 Å². The first-order chi connectivity index (χ1) is 18.9. The Morgan fingerprint density at radius 1 is 0.975 bits per heavy atom. The van der Waals surface area contributed by atoms with Crippen molar-refractivity contribution in [1.82, 2.24) is 0 Å². The van der Waals surface area contributed by atoms with Crippen molar-refractivity contribution in [3.63, 3.8) is 0 Å². The second-order valence-corrected chi connectivity index (χ2v) is 16.3. The molecule has 0 aliphatic heterocycles. The molecule has 3 saturated carbocycles. The number of hydrogen-bond acceptors (Lipinski definition) is 3. The van der Waals surface area contributed by atoms with Gasteiger partial charge in [-0.2, -0.15) is 8.42 Å². The summed E-state index contributed by atoms with van der Waals surface area (Å²) in [4.78, 5) is 0.268. The van der Waals surface area contributed by atoms with Crippen LogP contribution in [-0.4, -0.2) is 14.5 Å². The standard InChI is InChI=1S/C36H54O3S/c1-8-27(24(2)3)12-11-26(5)32-17-18-33-31-16-13-28-23-29(39-40(37,38)30-14-9-25(4)10-15-30)19-21-35(28,6)34(31)20-22-36(32,33)7/h9-15,24,26-27,29,31-34H,8,16-23H2,1-7H3/b12-11+/t26-,27+,29+,31-,32+,33-,34-,35+,36-/m1/s1. The lowest BCUT2D eigenvalue weighted by Crippen LogP contribution is -2.51. The molecular weight excluding hydrogens is 512 g/mol. The molecule has 4 aliphatic carbocycles. The highest BCUT2D eigenvalue weighted by Crippen LogP contribution is 2.67. The Morgan fingerprint density at radius 3 is 2.38 bits per heavy atom. The minimum Gasteiger partial charge on any atom is -0.263 e. The van der Waals surface area contributed by atoms with Crippen LogP contribution in [0.5, 0.6) is 0 Å². The van der Waals surface area contributed by atoms with E-state index in [1.807, 2.05) is 19.1 Å². The van der Waals surface area contributed by atoms with Crippen LogP contribution in [0.3, 0.4) is 0 Å².